The van der Waals surface area contributed by atoms with Crippen LogP contribution < -0.4 is 10.1 Å². The van der Waals surface area contributed by atoms with E-state index in [1.165, 1.54) is 16.7 Å². The molecular weight excluding hydrogens is 248 g/mol. The highest BCUT2D eigenvalue weighted by Crippen LogP contribution is 2.26. The van der Waals surface area contributed by atoms with Gasteiger partial charge in [-0.15, -0.1) is 0 Å². The topological polar surface area (TPSA) is 34.1 Å². The Morgan fingerprint density at radius 3 is 3.00 bits per heavy atom. The fraction of sp³-hybridized carbons (Fsp3) is 0.353. The normalized spacial score (nSPS) is 13.8. The molecule has 3 rings (SSSR count). The minimum absolute atomic E-state index is 0.735. The van der Waals surface area contributed by atoms with Crippen molar-refractivity contribution in [3.63, 3.8) is 0 Å². The molecule has 0 fully saturated rings. The summed E-state index contributed by atoms with van der Waals surface area (Å²) in [5.41, 5.74) is 5.18. The lowest BCUT2D eigenvalue weighted by molar-refractivity contribution is 0.316. The van der Waals surface area contributed by atoms with Crippen LogP contribution in [-0.2, 0) is 13.0 Å². The predicted molar refractivity (Wildman–Crippen MR) is 80.9 cm³/mol. The zero-order valence-corrected chi connectivity index (χ0v) is 11.9. The molecule has 0 atom stereocenters. The molecule has 2 aromatic rings. The summed E-state index contributed by atoms with van der Waals surface area (Å²) in [6.07, 6.45) is 5.80. The molecule has 1 aromatic heterocycles. The van der Waals surface area contributed by atoms with Crippen molar-refractivity contribution >= 4 is 0 Å². The van der Waals surface area contributed by atoms with Gasteiger partial charge in [-0.05, 0) is 48.2 Å². The van der Waals surface area contributed by atoms with E-state index in [2.05, 4.69) is 41.5 Å². The van der Waals surface area contributed by atoms with E-state index >= 15 is 0 Å². The summed E-state index contributed by atoms with van der Waals surface area (Å²) in [5.74, 6) is 0.847. The summed E-state index contributed by atoms with van der Waals surface area (Å²) < 4.78 is 5.66. The van der Waals surface area contributed by atoms with Crippen LogP contribution in [0.3, 0.4) is 0 Å². The lowest BCUT2D eigenvalue weighted by atomic mass is 9.96. The SMILES string of the molecule is CCCOc1cncc(-c2ccc3c(c2)CNCC3)c1. The number of rotatable bonds is 4. The Morgan fingerprint density at radius 2 is 2.10 bits per heavy atom. The number of benzene rings is 1. The minimum Gasteiger partial charge on any atom is -0.492 e. The third-order valence-corrected chi connectivity index (χ3v) is 3.61. The van der Waals surface area contributed by atoms with Gasteiger partial charge in [-0.1, -0.05) is 19.1 Å². The first-order valence-electron chi connectivity index (χ1n) is 7.27. The van der Waals surface area contributed by atoms with Crippen LogP contribution in [0.5, 0.6) is 5.75 Å². The Bertz CT molecular complexity index is 595. The monoisotopic (exact) mass is 268 g/mol. The second kappa shape index (κ2) is 6.06. The Balaban J connectivity index is 1.88. The average Bonchev–Trinajstić information content (AvgIpc) is 2.53. The van der Waals surface area contributed by atoms with E-state index < -0.39 is 0 Å². The van der Waals surface area contributed by atoms with Gasteiger partial charge in [-0.3, -0.25) is 4.98 Å². The molecule has 1 N–H and O–H groups in total. The standard InChI is InChI=1S/C17H20N2O/c1-2-7-20-17-9-16(11-19-12-17)14-4-3-13-5-6-18-10-15(13)8-14/h3-4,8-9,11-12,18H,2,5-7,10H2,1H3. The Kier molecular flexibility index (Phi) is 3.97. The van der Waals surface area contributed by atoms with Crippen LogP contribution in [0.1, 0.15) is 24.5 Å². The van der Waals surface area contributed by atoms with Crippen molar-refractivity contribution in [3.8, 4) is 16.9 Å². The highest BCUT2D eigenvalue weighted by Gasteiger charge is 2.10. The van der Waals surface area contributed by atoms with Crippen LogP contribution in [0.2, 0.25) is 0 Å². The van der Waals surface area contributed by atoms with Gasteiger partial charge in [-0.25, -0.2) is 0 Å². The van der Waals surface area contributed by atoms with Crippen LogP contribution in [0.4, 0.5) is 0 Å². The maximum absolute atomic E-state index is 5.66. The third kappa shape index (κ3) is 2.83. The van der Waals surface area contributed by atoms with Crippen molar-refractivity contribution in [1.29, 1.82) is 0 Å². The van der Waals surface area contributed by atoms with Crippen LogP contribution in [0, 0.1) is 0 Å². The van der Waals surface area contributed by atoms with E-state index in [0.29, 0.717) is 0 Å². The molecule has 1 aliphatic rings. The highest BCUT2D eigenvalue weighted by atomic mass is 16.5. The van der Waals surface area contributed by atoms with Crippen molar-refractivity contribution in [2.75, 3.05) is 13.2 Å². The lowest BCUT2D eigenvalue weighted by Gasteiger charge is -2.18. The molecule has 3 nitrogen and oxygen atoms in total. The third-order valence-electron chi connectivity index (χ3n) is 3.61. The van der Waals surface area contributed by atoms with Gasteiger partial charge in [0.15, 0.2) is 0 Å². The number of ether oxygens (including phenoxy) is 1. The summed E-state index contributed by atoms with van der Waals surface area (Å²) in [7, 11) is 0. The first-order chi connectivity index (χ1) is 9.86. The molecule has 0 saturated heterocycles. The summed E-state index contributed by atoms with van der Waals surface area (Å²) in [6, 6.07) is 8.76. The first kappa shape index (κ1) is 13.1. The van der Waals surface area contributed by atoms with E-state index in [-0.39, 0.29) is 0 Å². The molecule has 0 saturated carbocycles. The molecule has 0 radical (unpaired) electrons. The molecule has 1 aromatic carbocycles. The van der Waals surface area contributed by atoms with E-state index in [9.17, 15) is 0 Å². The number of hydrogen-bond donors (Lipinski definition) is 1. The van der Waals surface area contributed by atoms with Gasteiger partial charge in [0.05, 0.1) is 12.8 Å². The highest BCUT2D eigenvalue weighted by molar-refractivity contribution is 5.65. The fourth-order valence-corrected chi connectivity index (χ4v) is 2.54. The molecule has 104 valence electrons. The Morgan fingerprint density at radius 1 is 1.15 bits per heavy atom. The molecule has 0 spiro atoms. The van der Waals surface area contributed by atoms with Gasteiger partial charge in [0.25, 0.3) is 0 Å². The van der Waals surface area contributed by atoms with Gasteiger partial charge in [0.2, 0.25) is 0 Å². The molecule has 3 heteroatoms. The first-order valence-corrected chi connectivity index (χ1v) is 7.27. The van der Waals surface area contributed by atoms with Crippen molar-refractivity contribution < 1.29 is 4.74 Å². The van der Waals surface area contributed by atoms with E-state index in [1.54, 1.807) is 6.20 Å². The van der Waals surface area contributed by atoms with E-state index in [0.717, 1.165) is 43.9 Å². The van der Waals surface area contributed by atoms with Crippen LogP contribution in [-0.4, -0.2) is 18.1 Å². The number of pyridine rings is 1. The van der Waals surface area contributed by atoms with Crippen LogP contribution in [0.25, 0.3) is 11.1 Å². The largest absolute Gasteiger partial charge is 0.492 e. The molecule has 0 aliphatic carbocycles. The van der Waals surface area contributed by atoms with Gasteiger partial charge < -0.3 is 10.1 Å². The quantitative estimate of drug-likeness (QED) is 0.924. The Labute approximate surface area is 120 Å². The zero-order chi connectivity index (χ0) is 13.8. The second-order valence-electron chi connectivity index (χ2n) is 5.17. The average molecular weight is 268 g/mol. The second-order valence-corrected chi connectivity index (χ2v) is 5.17. The molecule has 0 bridgehead atoms. The van der Waals surface area contributed by atoms with E-state index in [1.807, 2.05) is 6.20 Å². The molecule has 1 aliphatic heterocycles. The van der Waals surface area contributed by atoms with Crippen molar-refractivity contribution in [3.05, 3.63) is 47.8 Å². The molecular formula is C17H20N2O. The van der Waals surface area contributed by atoms with Gasteiger partial charge in [-0.2, -0.15) is 0 Å². The number of fused-ring (bicyclic) bond motifs is 1. The minimum atomic E-state index is 0.735. The lowest BCUT2D eigenvalue weighted by Crippen LogP contribution is -2.23. The molecule has 2 heterocycles. The van der Waals surface area contributed by atoms with Crippen LogP contribution >= 0.6 is 0 Å². The summed E-state index contributed by atoms with van der Waals surface area (Å²) in [5, 5.41) is 3.42. The van der Waals surface area contributed by atoms with Crippen molar-refractivity contribution in [2.45, 2.75) is 26.3 Å². The fourth-order valence-electron chi connectivity index (χ4n) is 2.54. The van der Waals surface area contributed by atoms with Crippen molar-refractivity contribution in [2.24, 2.45) is 0 Å². The molecule has 0 amide bonds. The molecule has 0 unspecified atom stereocenters. The smallest absolute Gasteiger partial charge is 0.138 e. The van der Waals surface area contributed by atoms with E-state index in [4.69, 9.17) is 4.74 Å². The van der Waals surface area contributed by atoms with Gasteiger partial charge in [0.1, 0.15) is 5.75 Å². The summed E-state index contributed by atoms with van der Waals surface area (Å²) in [6.45, 7) is 4.88. The van der Waals surface area contributed by atoms with Gasteiger partial charge >= 0.3 is 0 Å². The number of nitrogens with one attached hydrogen (secondary N) is 1. The summed E-state index contributed by atoms with van der Waals surface area (Å²) >= 11 is 0. The molecule has 20 heavy (non-hydrogen) atoms. The van der Waals surface area contributed by atoms with Gasteiger partial charge in [0, 0.05) is 18.3 Å². The maximum atomic E-state index is 5.66. The zero-order valence-electron chi connectivity index (χ0n) is 11.9. The van der Waals surface area contributed by atoms with Crippen molar-refractivity contribution in [1.82, 2.24) is 10.3 Å². The Hall–Kier alpha value is -1.87. The summed E-state index contributed by atoms with van der Waals surface area (Å²) in [4.78, 5) is 4.29. The maximum Gasteiger partial charge on any atom is 0.138 e. The van der Waals surface area contributed by atoms with Crippen LogP contribution in [0.15, 0.2) is 36.7 Å². The number of hydrogen-bond acceptors (Lipinski definition) is 3. The number of aromatic nitrogens is 1. The predicted octanol–water partition coefficient (Wildman–Crippen LogP) is 3.18. The number of nitrogens with zero attached hydrogens (tertiary/aromatic N) is 1.